The summed E-state index contributed by atoms with van der Waals surface area (Å²) in [5.74, 6) is 0.910. The van der Waals surface area contributed by atoms with Gasteiger partial charge in [-0.1, -0.05) is 38.5 Å². The van der Waals surface area contributed by atoms with Gasteiger partial charge in [0.2, 0.25) is 11.8 Å². The van der Waals surface area contributed by atoms with Crippen LogP contribution in [0, 0.1) is 5.92 Å². The van der Waals surface area contributed by atoms with Crippen LogP contribution in [0.15, 0.2) is 24.3 Å². The van der Waals surface area contributed by atoms with Gasteiger partial charge < -0.3 is 20.7 Å². The number of hydrogen-bond donors (Lipinski definition) is 2. The van der Waals surface area contributed by atoms with E-state index in [1.54, 1.807) is 7.11 Å². The molecular formula is C20H31N3O3. The van der Waals surface area contributed by atoms with Gasteiger partial charge in [0.15, 0.2) is 0 Å². The molecule has 2 atom stereocenters. The number of likely N-dealkylation sites (tertiary alicyclic amines) is 1. The maximum absolute atomic E-state index is 12.6. The van der Waals surface area contributed by atoms with Gasteiger partial charge in [-0.15, -0.1) is 0 Å². The molecule has 0 spiro atoms. The highest BCUT2D eigenvalue weighted by Gasteiger charge is 2.27. The van der Waals surface area contributed by atoms with Crippen LogP contribution in [0.4, 0.5) is 0 Å². The number of rotatable bonds is 7. The van der Waals surface area contributed by atoms with E-state index in [9.17, 15) is 9.59 Å². The number of nitrogens with zero attached hydrogens (tertiary/aromatic N) is 1. The summed E-state index contributed by atoms with van der Waals surface area (Å²) in [6, 6.07) is 7.21. The van der Waals surface area contributed by atoms with E-state index >= 15 is 0 Å². The lowest BCUT2D eigenvalue weighted by molar-refractivity contribution is -0.131. The fourth-order valence-electron chi connectivity index (χ4n) is 3.21. The second kappa shape index (κ2) is 9.57. The van der Waals surface area contributed by atoms with Crippen molar-refractivity contribution in [3.63, 3.8) is 0 Å². The Balaban J connectivity index is 1.82. The Morgan fingerprint density at radius 3 is 2.58 bits per heavy atom. The Kier molecular flexibility index (Phi) is 7.45. The molecule has 2 rings (SSSR count). The van der Waals surface area contributed by atoms with Crippen molar-refractivity contribution < 1.29 is 14.3 Å². The van der Waals surface area contributed by atoms with Crippen molar-refractivity contribution in [3.05, 3.63) is 29.8 Å². The van der Waals surface area contributed by atoms with Crippen molar-refractivity contribution in [2.75, 3.05) is 20.2 Å². The van der Waals surface area contributed by atoms with Crippen LogP contribution in [-0.4, -0.2) is 49.0 Å². The number of piperidine rings is 1. The first kappa shape index (κ1) is 20.2. The van der Waals surface area contributed by atoms with Gasteiger partial charge in [-0.05, 0) is 24.8 Å². The Hall–Kier alpha value is -2.08. The summed E-state index contributed by atoms with van der Waals surface area (Å²) < 4.78 is 5.32. The van der Waals surface area contributed by atoms with Crippen LogP contribution in [0.25, 0.3) is 0 Å². The first-order chi connectivity index (χ1) is 12.5. The van der Waals surface area contributed by atoms with Gasteiger partial charge in [0, 0.05) is 24.7 Å². The molecule has 1 aliphatic heterocycles. The van der Waals surface area contributed by atoms with Crippen LogP contribution in [-0.2, 0) is 16.0 Å². The summed E-state index contributed by atoms with van der Waals surface area (Å²) in [4.78, 5) is 26.6. The summed E-state index contributed by atoms with van der Waals surface area (Å²) in [5, 5.41) is 3.04. The predicted octanol–water partition coefficient (Wildman–Crippen LogP) is 1.72. The van der Waals surface area contributed by atoms with Crippen molar-refractivity contribution in [3.8, 4) is 5.75 Å². The van der Waals surface area contributed by atoms with Gasteiger partial charge in [-0.3, -0.25) is 9.59 Å². The third kappa shape index (κ3) is 5.21. The molecule has 26 heavy (non-hydrogen) atoms. The number of nitrogens with one attached hydrogen (secondary N) is 1. The van der Waals surface area contributed by atoms with Crippen LogP contribution in [0.3, 0.4) is 0 Å². The van der Waals surface area contributed by atoms with E-state index in [1.165, 1.54) is 0 Å². The number of methoxy groups -OCH3 is 1. The second-order valence-corrected chi connectivity index (χ2v) is 7.06. The SMILES string of the molecule is CCC(C)C(N)C(=O)NC1CCN(C(=O)Cc2ccccc2OC)CC1. The standard InChI is InChI=1S/C20H31N3O3/c1-4-14(2)19(21)20(25)22-16-9-11-23(12-10-16)18(24)13-15-7-5-6-8-17(15)26-3/h5-8,14,16,19H,4,9-13,21H2,1-3H3,(H,22,25). The highest BCUT2D eigenvalue weighted by atomic mass is 16.5. The Labute approximate surface area is 156 Å². The molecule has 1 aromatic carbocycles. The summed E-state index contributed by atoms with van der Waals surface area (Å²) in [6.07, 6.45) is 2.73. The van der Waals surface area contributed by atoms with E-state index in [1.807, 2.05) is 43.0 Å². The zero-order valence-electron chi connectivity index (χ0n) is 16.0. The van der Waals surface area contributed by atoms with Crippen LogP contribution in [0.2, 0.25) is 0 Å². The highest BCUT2D eigenvalue weighted by molar-refractivity contribution is 5.82. The van der Waals surface area contributed by atoms with E-state index in [2.05, 4.69) is 5.32 Å². The van der Waals surface area contributed by atoms with E-state index in [4.69, 9.17) is 10.5 Å². The third-order valence-electron chi connectivity index (χ3n) is 5.29. The zero-order chi connectivity index (χ0) is 19.1. The molecule has 6 nitrogen and oxygen atoms in total. The molecule has 1 heterocycles. The average Bonchev–Trinajstić information content (AvgIpc) is 2.67. The molecule has 0 radical (unpaired) electrons. The van der Waals surface area contributed by atoms with Crippen LogP contribution in [0.5, 0.6) is 5.75 Å². The smallest absolute Gasteiger partial charge is 0.237 e. The zero-order valence-corrected chi connectivity index (χ0v) is 16.0. The Bertz CT molecular complexity index is 612. The highest BCUT2D eigenvalue weighted by Crippen LogP contribution is 2.20. The van der Waals surface area contributed by atoms with Gasteiger partial charge in [-0.2, -0.15) is 0 Å². The molecule has 0 bridgehead atoms. The molecule has 0 saturated carbocycles. The Morgan fingerprint density at radius 1 is 1.31 bits per heavy atom. The van der Waals surface area contributed by atoms with Gasteiger partial charge >= 0.3 is 0 Å². The maximum atomic E-state index is 12.6. The first-order valence-electron chi connectivity index (χ1n) is 9.41. The van der Waals surface area contributed by atoms with Crippen molar-refractivity contribution in [2.24, 2.45) is 11.7 Å². The number of benzene rings is 1. The normalized spacial score (nSPS) is 17.5. The molecule has 1 aliphatic rings. The molecule has 2 amide bonds. The molecule has 3 N–H and O–H groups in total. The van der Waals surface area contributed by atoms with Gasteiger partial charge in [0.1, 0.15) is 5.75 Å². The minimum absolute atomic E-state index is 0.0850. The molecule has 1 saturated heterocycles. The van der Waals surface area contributed by atoms with Gasteiger partial charge in [-0.25, -0.2) is 0 Å². The van der Waals surface area contributed by atoms with Crippen LogP contribution >= 0.6 is 0 Å². The number of nitrogens with two attached hydrogens (primary N) is 1. The number of amides is 2. The average molecular weight is 361 g/mol. The lowest BCUT2D eigenvalue weighted by atomic mass is 9.98. The largest absolute Gasteiger partial charge is 0.496 e. The van der Waals surface area contributed by atoms with Crippen molar-refractivity contribution >= 4 is 11.8 Å². The summed E-state index contributed by atoms with van der Waals surface area (Å²) >= 11 is 0. The number of hydrogen-bond acceptors (Lipinski definition) is 4. The van der Waals surface area contributed by atoms with E-state index in [0.29, 0.717) is 19.5 Å². The molecule has 6 heteroatoms. The monoisotopic (exact) mass is 361 g/mol. The first-order valence-corrected chi connectivity index (χ1v) is 9.41. The third-order valence-corrected chi connectivity index (χ3v) is 5.29. The number of carbonyl (C=O) groups is 2. The van der Waals surface area contributed by atoms with E-state index < -0.39 is 6.04 Å². The molecule has 0 aliphatic carbocycles. The van der Waals surface area contributed by atoms with E-state index in [-0.39, 0.29) is 23.8 Å². The van der Waals surface area contributed by atoms with Gasteiger partial charge in [0.25, 0.3) is 0 Å². The summed E-state index contributed by atoms with van der Waals surface area (Å²) in [5.41, 5.74) is 6.89. The fourth-order valence-corrected chi connectivity index (χ4v) is 3.21. The molecule has 1 aromatic rings. The van der Waals surface area contributed by atoms with Crippen molar-refractivity contribution in [2.45, 2.75) is 51.6 Å². The topological polar surface area (TPSA) is 84.7 Å². The number of para-hydroxylation sites is 1. The molecule has 144 valence electrons. The van der Waals surface area contributed by atoms with Crippen molar-refractivity contribution in [1.82, 2.24) is 10.2 Å². The van der Waals surface area contributed by atoms with Crippen molar-refractivity contribution in [1.29, 1.82) is 0 Å². The lowest BCUT2D eigenvalue weighted by Gasteiger charge is -2.33. The minimum atomic E-state index is -0.467. The molecule has 2 unspecified atom stereocenters. The fraction of sp³-hybridized carbons (Fsp3) is 0.600. The summed E-state index contributed by atoms with van der Waals surface area (Å²) in [7, 11) is 1.61. The lowest BCUT2D eigenvalue weighted by Crippen LogP contribution is -2.52. The number of carbonyl (C=O) groups excluding carboxylic acids is 2. The quantitative estimate of drug-likeness (QED) is 0.774. The summed E-state index contributed by atoms with van der Waals surface area (Å²) in [6.45, 7) is 5.32. The number of ether oxygens (including phenoxy) is 1. The maximum Gasteiger partial charge on any atom is 0.237 e. The Morgan fingerprint density at radius 2 is 1.96 bits per heavy atom. The van der Waals surface area contributed by atoms with Crippen LogP contribution in [0.1, 0.15) is 38.7 Å². The van der Waals surface area contributed by atoms with E-state index in [0.717, 1.165) is 30.6 Å². The molecule has 1 fully saturated rings. The minimum Gasteiger partial charge on any atom is -0.496 e. The van der Waals surface area contributed by atoms with Crippen LogP contribution < -0.4 is 15.8 Å². The molecule has 0 aromatic heterocycles. The molecular weight excluding hydrogens is 330 g/mol. The second-order valence-electron chi connectivity index (χ2n) is 7.06. The predicted molar refractivity (Wildman–Crippen MR) is 102 cm³/mol. The van der Waals surface area contributed by atoms with Gasteiger partial charge in [0.05, 0.1) is 19.6 Å².